The lowest BCUT2D eigenvalue weighted by Crippen LogP contribution is -2.59. The van der Waals surface area contributed by atoms with E-state index >= 15 is 0 Å². The van der Waals surface area contributed by atoms with E-state index in [4.69, 9.17) is 4.74 Å². The van der Waals surface area contributed by atoms with E-state index in [1.807, 2.05) is 27.7 Å². The predicted octanol–water partition coefficient (Wildman–Crippen LogP) is 3.59. The van der Waals surface area contributed by atoms with Crippen molar-refractivity contribution in [3.05, 3.63) is 0 Å². The zero-order chi connectivity index (χ0) is 12.8. The second-order valence-electron chi connectivity index (χ2n) is 6.83. The average molecular weight is 226 g/mol. The lowest BCUT2D eigenvalue weighted by molar-refractivity contribution is -0.205. The van der Waals surface area contributed by atoms with Gasteiger partial charge >= 0.3 is 0 Å². The number of ketones is 1. The fraction of sp³-hybridized carbons (Fsp3) is 0.929. The molecule has 94 valence electrons. The number of carbonyl (C=O) groups excluding carboxylic acids is 1. The van der Waals surface area contributed by atoms with Crippen molar-refractivity contribution in [3.8, 4) is 0 Å². The molecule has 1 aliphatic rings. The van der Waals surface area contributed by atoms with Crippen molar-refractivity contribution in [2.45, 2.75) is 72.5 Å². The molecule has 0 aliphatic heterocycles. The van der Waals surface area contributed by atoms with Gasteiger partial charge < -0.3 is 4.74 Å². The van der Waals surface area contributed by atoms with Gasteiger partial charge in [-0.2, -0.15) is 0 Å². The van der Waals surface area contributed by atoms with Gasteiger partial charge in [0.2, 0.25) is 0 Å². The highest BCUT2D eigenvalue weighted by Crippen LogP contribution is 2.49. The SMILES string of the molecule is CC1CCC(=O)[C@](C)(OC(C)(C)C)C1(C)C. The van der Waals surface area contributed by atoms with Crippen LogP contribution in [0, 0.1) is 11.3 Å². The van der Waals surface area contributed by atoms with E-state index < -0.39 is 5.60 Å². The minimum Gasteiger partial charge on any atom is -0.361 e. The van der Waals surface area contributed by atoms with E-state index in [-0.39, 0.29) is 16.8 Å². The van der Waals surface area contributed by atoms with Gasteiger partial charge in [0.25, 0.3) is 0 Å². The van der Waals surface area contributed by atoms with Crippen LogP contribution in [-0.2, 0) is 9.53 Å². The molecule has 0 saturated heterocycles. The molecule has 1 unspecified atom stereocenters. The van der Waals surface area contributed by atoms with Gasteiger partial charge in [-0.1, -0.05) is 20.8 Å². The minimum absolute atomic E-state index is 0.102. The van der Waals surface area contributed by atoms with Crippen LogP contribution in [0.25, 0.3) is 0 Å². The molecule has 16 heavy (non-hydrogen) atoms. The third-order valence-electron chi connectivity index (χ3n) is 4.31. The van der Waals surface area contributed by atoms with E-state index in [0.717, 1.165) is 6.42 Å². The maximum atomic E-state index is 12.2. The number of hydrogen-bond acceptors (Lipinski definition) is 2. The summed E-state index contributed by atoms with van der Waals surface area (Å²) < 4.78 is 6.11. The first-order valence-electron chi connectivity index (χ1n) is 6.24. The fourth-order valence-corrected chi connectivity index (χ4v) is 2.58. The van der Waals surface area contributed by atoms with E-state index in [9.17, 15) is 4.79 Å². The first-order valence-corrected chi connectivity index (χ1v) is 6.24. The molecule has 0 spiro atoms. The highest BCUT2D eigenvalue weighted by Gasteiger charge is 2.54. The molecule has 1 rings (SSSR count). The third-order valence-corrected chi connectivity index (χ3v) is 4.31. The Morgan fingerprint density at radius 2 is 1.75 bits per heavy atom. The van der Waals surface area contributed by atoms with Crippen molar-refractivity contribution < 1.29 is 9.53 Å². The number of carbonyl (C=O) groups is 1. The summed E-state index contributed by atoms with van der Waals surface area (Å²) in [7, 11) is 0. The van der Waals surface area contributed by atoms with E-state index in [2.05, 4.69) is 20.8 Å². The van der Waals surface area contributed by atoms with Gasteiger partial charge in [0.15, 0.2) is 5.78 Å². The Hall–Kier alpha value is -0.370. The van der Waals surface area contributed by atoms with Crippen LogP contribution in [0.2, 0.25) is 0 Å². The molecular formula is C14H26O2. The van der Waals surface area contributed by atoms with Crippen molar-refractivity contribution in [1.29, 1.82) is 0 Å². The first kappa shape index (κ1) is 13.7. The summed E-state index contributed by atoms with van der Waals surface area (Å²) in [5.41, 5.74) is -1.03. The molecule has 0 heterocycles. The molecule has 1 fully saturated rings. The van der Waals surface area contributed by atoms with Gasteiger partial charge in [-0.25, -0.2) is 0 Å². The molecule has 0 N–H and O–H groups in total. The molecule has 1 aliphatic carbocycles. The van der Waals surface area contributed by atoms with Crippen LogP contribution in [0.5, 0.6) is 0 Å². The molecule has 0 bridgehead atoms. The fourth-order valence-electron chi connectivity index (χ4n) is 2.58. The Balaban J connectivity index is 3.09. The van der Waals surface area contributed by atoms with Crippen molar-refractivity contribution in [2.24, 2.45) is 11.3 Å². The van der Waals surface area contributed by atoms with E-state index in [0.29, 0.717) is 12.3 Å². The molecule has 0 aromatic rings. The van der Waals surface area contributed by atoms with Crippen LogP contribution in [0.15, 0.2) is 0 Å². The second kappa shape index (κ2) is 3.83. The summed E-state index contributed by atoms with van der Waals surface area (Å²) in [5.74, 6) is 0.767. The average Bonchev–Trinajstić information content (AvgIpc) is 2.07. The maximum Gasteiger partial charge on any atom is 0.164 e. The maximum absolute atomic E-state index is 12.2. The summed E-state index contributed by atoms with van der Waals surface area (Å²) in [4.78, 5) is 12.2. The van der Waals surface area contributed by atoms with Gasteiger partial charge in [0.05, 0.1) is 5.60 Å². The zero-order valence-corrected chi connectivity index (χ0v) is 11.8. The Labute approximate surface area is 99.8 Å². The molecule has 2 nitrogen and oxygen atoms in total. The molecule has 0 radical (unpaired) electrons. The highest BCUT2D eigenvalue weighted by molar-refractivity contribution is 5.88. The van der Waals surface area contributed by atoms with Crippen LogP contribution in [0.4, 0.5) is 0 Å². The Morgan fingerprint density at radius 3 is 2.19 bits per heavy atom. The summed E-state index contributed by atoms with van der Waals surface area (Å²) in [6.07, 6.45) is 1.63. The lowest BCUT2D eigenvalue weighted by atomic mass is 9.60. The van der Waals surface area contributed by atoms with Crippen LogP contribution in [0.3, 0.4) is 0 Å². The van der Waals surface area contributed by atoms with Crippen LogP contribution in [-0.4, -0.2) is 17.0 Å². The third kappa shape index (κ3) is 2.17. The summed E-state index contributed by atoms with van der Waals surface area (Å²) >= 11 is 0. The van der Waals surface area contributed by atoms with Gasteiger partial charge in [-0.15, -0.1) is 0 Å². The van der Waals surface area contributed by atoms with Crippen molar-refractivity contribution in [1.82, 2.24) is 0 Å². The summed E-state index contributed by atoms with van der Waals surface area (Å²) in [5, 5.41) is 0. The normalized spacial score (nSPS) is 35.2. The Bertz CT molecular complexity index is 286. The lowest BCUT2D eigenvalue weighted by Gasteiger charge is -2.52. The van der Waals surface area contributed by atoms with Crippen LogP contribution >= 0.6 is 0 Å². The van der Waals surface area contributed by atoms with Crippen LogP contribution in [0.1, 0.15) is 61.3 Å². The molecular weight excluding hydrogens is 200 g/mol. The number of ether oxygens (including phenoxy) is 1. The summed E-state index contributed by atoms with van der Waals surface area (Å²) in [6.45, 7) is 14.5. The Morgan fingerprint density at radius 1 is 1.25 bits per heavy atom. The topological polar surface area (TPSA) is 26.3 Å². The Kier molecular flexibility index (Phi) is 3.28. The quantitative estimate of drug-likeness (QED) is 0.683. The number of Topliss-reactive ketones (excluding diaryl/α,β-unsaturated/α-hetero) is 1. The molecule has 2 atom stereocenters. The highest BCUT2D eigenvalue weighted by atomic mass is 16.5. The van der Waals surface area contributed by atoms with Gasteiger partial charge in [-0.05, 0) is 40.0 Å². The van der Waals surface area contributed by atoms with Crippen LogP contribution < -0.4 is 0 Å². The van der Waals surface area contributed by atoms with Gasteiger partial charge in [0, 0.05) is 11.8 Å². The predicted molar refractivity (Wildman–Crippen MR) is 66.4 cm³/mol. The largest absolute Gasteiger partial charge is 0.361 e. The molecule has 2 heteroatoms. The molecule has 0 amide bonds. The molecule has 0 aromatic carbocycles. The summed E-state index contributed by atoms with van der Waals surface area (Å²) in [6, 6.07) is 0. The monoisotopic (exact) mass is 226 g/mol. The van der Waals surface area contributed by atoms with Gasteiger partial charge in [0.1, 0.15) is 5.60 Å². The van der Waals surface area contributed by atoms with Gasteiger partial charge in [-0.3, -0.25) is 4.79 Å². The first-order chi connectivity index (χ1) is 7.01. The van der Waals surface area contributed by atoms with E-state index in [1.54, 1.807) is 0 Å². The number of hydrogen-bond donors (Lipinski definition) is 0. The molecule has 1 saturated carbocycles. The smallest absolute Gasteiger partial charge is 0.164 e. The minimum atomic E-state index is -0.650. The van der Waals surface area contributed by atoms with Crippen molar-refractivity contribution in [3.63, 3.8) is 0 Å². The van der Waals surface area contributed by atoms with Crippen molar-refractivity contribution >= 4 is 5.78 Å². The zero-order valence-electron chi connectivity index (χ0n) is 11.8. The van der Waals surface area contributed by atoms with E-state index in [1.165, 1.54) is 0 Å². The standard InChI is InChI=1S/C14H26O2/c1-10-8-9-11(15)14(7,13(10,5)6)16-12(2,3)4/h10H,8-9H2,1-7H3/t10?,14-/m0/s1. The molecule has 0 aromatic heterocycles. The van der Waals surface area contributed by atoms with Crippen molar-refractivity contribution in [2.75, 3.05) is 0 Å². The number of rotatable bonds is 1. The second-order valence-corrected chi connectivity index (χ2v) is 6.83.